The van der Waals surface area contributed by atoms with Gasteiger partial charge in [-0.1, -0.05) is 11.6 Å². The van der Waals surface area contributed by atoms with Crippen molar-refractivity contribution >= 4 is 28.9 Å². The maximum absolute atomic E-state index is 11.7. The van der Waals surface area contributed by atoms with Crippen LogP contribution in [-0.4, -0.2) is 16.4 Å². The molecule has 6 nitrogen and oxygen atoms in total. The molecule has 0 atom stereocenters. The highest BCUT2D eigenvalue weighted by Crippen LogP contribution is 2.26. The number of hydrogen-bond acceptors (Lipinski definition) is 4. The molecular weight excluding hydrogens is 270 g/mol. The number of carbonyl (C=O) groups excluding carboxylic acids is 1. The lowest BCUT2D eigenvalue weighted by Gasteiger charge is -2.17. The Morgan fingerprint density at radius 3 is 2.63 bits per heavy atom. The normalized spacial score (nSPS) is 11.2. The van der Waals surface area contributed by atoms with E-state index in [1.165, 1.54) is 18.2 Å². The number of nitrogens with zero attached hydrogens (tertiary/aromatic N) is 1. The Hall–Kier alpha value is -1.66. The van der Waals surface area contributed by atoms with Crippen molar-refractivity contribution in [2.75, 3.05) is 5.32 Å². The molecule has 1 rings (SSSR count). The first-order valence-corrected chi connectivity index (χ1v) is 6.09. The fraction of sp³-hybridized carbons (Fsp3) is 0.417. The van der Waals surface area contributed by atoms with Gasteiger partial charge in [0.1, 0.15) is 0 Å². The van der Waals surface area contributed by atoms with Gasteiger partial charge in [-0.25, -0.2) is 0 Å². The van der Waals surface area contributed by atoms with Crippen molar-refractivity contribution in [1.29, 1.82) is 0 Å². The SMILES string of the molecule is CC(C)(N)CCC(=O)Nc1ccc([N+](=O)[O-])cc1Cl. The summed E-state index contributed by atoms with van der Waals surface area (Å²) in [6.45, 7) is 3.66. The number of hydrogen-bond donors (Lipinski definition) is 2. The predicted octanol–water partition coefficient (Wildman–Crippen LogP) is 2.70. The largest absolute Gasteiger partial charge is 0.326 e. The summed E-state index contributed by atoms with van der Waals surface area (Å²) in [5.41, 5.74) is 5.59. The fourth-order valence-corrected chi connectivity index (χ4v) is 1.59. The number of benzene rings is 1. The second-order valence-corrected chi connectivity index (χ2v) is 5.37. The van der Waals surface area contributed by atoms with Crippen molar-refractivity contribution in [2.45, 2.75) is 32.2 Å². The van der Waals surface area contributed by atoms with Crippen LogP contribution in [0, 0.1) is 10.1 Å². The topological polar surface area (TPSA) is 98.3 Å². The van der Waals surface area contributed by atoms with Gasteiger partial charge in [0, 0.05) is 24.1 Å². The van der Waals surface area contributed by atoms with Crippen molar-refractivity contribution in [2.24, 2.45) is 5.73 Å². The van der Waals surface area contributed by atoms with Crippen LogP contribution < -0.4 is 11.1 Å². The summed E-state index contributed by atoms with van der Waals surface area (Å²) in [7, 11) is 0. The summed E-state index contributed by atoms with van der Waals surface area (Å²) in [5.74, 6) is -0.228. The van der Waals surface area contributed by atoms with Crippen LogP contribution in [0.4, 0.5) is 11.4 Å². The van der Waals surface area contributed by atoms with E-state index in [4.69, 9.17) is 17.3 Å². The number of nitrogens with two attached hydrogens (primary N) is 1. The summed E-state index contributed by atoms with van der Waals surface area (Å²) in [6.07, 6.45) is 0.792. The van der Waals surface area contributed by atoms with E-state index < -0.39 is 10.5 Å². The average molecular weight is 286 g/mol. The lowest BCUT2D eigenvalue weighted by molar-refractivity contribution is -0.384. The number of nitro benzene ring substituents is 1. The smallest absolute Gasteiger partial charge is 0.271 e. The molecule has 0 aliphatic carbocycles. The number of anilines is 1. The number of non-ortho nitro benzene ring substituents is 1. The van der Waals surface area contributed by atoms with Gasteiger partial charge in [0.05, 0.1) is 15.6 Å². The predicted molar refractivity (Wildman–Crippen MR) is 74.2 cm³/mol. The van der Waals surface area contributed by atoms with Crippen LogP contribution in [0.5, 0.6) is 0 Å². The molecule has 1 aromatic carbocycles. The number of nitrogens with one attached hydrogen (secondary N) is 1. The van der Waals surface area contributed by atoms with Crippen LogP contribution in [0.15, 0.2) is 18.2 Å². The lowest BCUT2D eigenvalue weighted by Crippen LogP contribution is -2.33. The minimum absolute atomic E-state index is 0.119. The van der Waals surface area contributed by atoms with E-state index >= 15 is 0 Å². The van der Waals surface area contributed by atoms with Crippen molar-refractivity contribution < 1.29 is 9.72 Å². The number of amides is 1. The first-order valence-electron chi connectivity index (χ1n) is 5.72. The molecule has 0 unspecified atom stereocenters. The third-order valence-corrected chi connectivity index (χ3v) is 2.75. The second kappa shape index (κ2) is 5.99. The van der Waals surface area contributed by atoms with E-state index in [1.54, 1.807) is 0 Å². The molecule has 0 radical (unpaired) electrons. The van der Waals surface area contributed by atoms with E-state index in [9.17, 15) is 14.9 Å². The molecule has 1 aromatic rings. The van der Waals surface area contributed by atoms with E-state index in [-0.39, 0.29) is 23.0 Å². The molecule has 0 fully saturated rings. The van der Waals surface area contributed by atoms with Gasteiger partial charge >= 0.3 is 0 Å². The van der Waals surface area contributed by atoms with Crippen LogP contribution in [-0.2, 0) is 4.79 Å². The van der Waals surface area contributed by atoms with Crippen molar-refractivity contribution in [3.05, 3.63) is 33.3 Å². The van der Waals surface area contributed by atoms with Crippen molar-refractivity contribution in [1.82, 2.24) is 0 Å². The quantitative estimate of drug-likeness (QED) is 0.642. The lowest BCUT2D eigenvalue weighted by atomic mass is 10.00. The molecule has 0 spiro atoms. The van der Waals surface area contributed by atoms with Crippen LogP contribution in [0.25, 0.3) is 0 Å². The van der Waals surface area contributed by atoms with Crippen LogP contribution in [0.3, 0.4) is 0 Å². The molecule has 1 amide bonds. The van der Waals surface area contributed by atoms with Crippen LogP contribution in [0.1, 0.15) is 26.7 Å². The monoisotopic (exact) mass is 285 g/mol. The van der Waals surface area contributed by atoms with Crippen LogP contribution in [0.2, 0.25) is 5.02 Å². The average Bonchev–Trinajstić information content (AvgIpc) is 2.28. The molecule has 0 bridgehead atoms. The molecule has 0 heterocycles. The van der Waals surface area contributed by atoms with E-state index in [0.717, 1.165) is 0 Å². The standard InChI is InChI=1S/C12H16ClN3O3/c1-12(2,14)6-5-11(17)15-10-4-3-8(16(18)19)7-9(10)13/h3-4,7H,5-6,14H2,1-2H3,(H,15,17). The second-order valence-electron chi connectivity index (χ2n) is 4.96. The fourth-order valence-electron chi connectivity index (χ4n) is 1.37. The number of rotatable bonds is 5. The summed E-state index contributed by atoms with van der Waals surface area (Å²) in [4.78, 5) is 21.7. The molecule has 7 heteroatoms. The Kier molecular flexibility index (Phi) is 4.85. The zero-order valence-corrected chi connectivity index (χ0v) is 11.5. The summed E-state index contributed by atoms with van der Waals surface area (Å²) in [6, 6.07) is 3.89. The van der Waals surface area contributed by atoms with Gasteiger partial charge in [0.25, 0.3) is 5.69 Å². The number of carbonyl (C=O) groups is 1. The van der Waals surface area contributed by atoms with E-state index in [0.29, 0.717) is 12.1 Å². The highest BCUT2D eigenvalue weighted by Gasteiger charge is 2.15. The molecular formula is C12H16ClN3O3. The molecule has 19 heavy (non-hydrogen) atoms. The Morgan fingerprint density at radius 1 is 1.53 bits per heavy atom. The Balaban J connectivity index is 2.67. The van der Waals surface area contributed by atoms with Gasteiger partial charge in [-0.05, 0) is 26.3 Å². The Morgan fingerprint density at radius 2 is 2.16 bits per heavy atom. The molecule has 0 aliphatic rings. The zero-order valence-electron chi connectivity index (χ0n) is 10.8. The Bertz CT molecular complexity index is 497. The molecule has 0 aromatic heterocycles. The Labute approximate surface area is 116 Å². The molecule has 104 valence electrons. The maximum Gasteiger partial charge on any atom is 0.271 e. The summed E-state index contributed by atoms with van der Waals surface area (Å²) < 4.78 is 0. The highest BCUT2D eigenvalue weighted by molar-refractivity contribution is 6.33. The summed E-state index contributed by atoms with van der Waals surface area (Å²) in [5, 5.41) is 13.3. The van der Waals surface area contributed by atoms with E-state index in [1.807, 2.05) is 13.8 Å². The zero-order chi connectivity index (χ0) is 14.6. The molecule has 0 aliphatic heterocycles. The maximum atomic E-state index is 11.7. The third kappa shape index (κ3) is 5.23. The number of halogens is 1. The van der Waals surface area contributed by atoms with Gasteiger partial charge in [-0.15, -0.1) is 0 Å². The highest BCUT2D eigenvalue weighted by atomic mass is 35.5. The van der Waals surface area contributed by atoms with Crippen LogP contribution >= 0.6 is 11.6 Å². The minimum Gasteiger partial charge on any atom is -0.326 e. The van der Waals surface area contributed by atoms with Crippen molar-refractivity contribution in [3.8, 4) is 0 Å². The van der Waals surface area contributed by atoms with Crippen molar-refractivity contribution in [3.63, 3.8) is 0 Å². The number of nitro groups is 1. The molecule has 3 N–H and O–H groups in total. The van der Waals surface area contributed by atoms with Gasteiger partial charge < -0.3 is 11.1 Å². The third-order valence-electron chi connectivity index (χ3n) is 2.43. The molecule has 0 saturated carbocycles. The van der Waals surface area contributed by atoms with E-state index in [2.05, 4.69) is 5.32 Å². The van der Waals surface area contributed by atoms with Gasteiger partial charge in [0.15, 0.2) is 0 Å². The minimum atomic E-state index is -0.547. The van der Waals surface area contributed by atoms with Gasteiger partial charge in [0.2, 0.25) is 5.91 Å². The van der Waals surface area contributed by atoms with Gasteiger partial charge in [-0.3, -0.25) is 14.9 Å². The first kappa shape index (κ1) is 15.4. The first-order chi connectivity index (χ1) is 8.69. The van der Waals surface area contributed by atoms with Gasteiger partial charge in [-0.2, -0.15) is 0 Å². The molecule has 0 saturated heterocycles. The summed E-state index contributed by atoms with van der Waals surface area (Å²) >= 11 is 5.86.